The zero-order chi connectivity index (χ0) is 24.2. The first-order valence-electron chi connectivity index (χ1n) is 11.3. The Labute approximate surface area is 202 Å². The number of hydrogen-bond acceptors (Lipinski definition) is 5. The number of amides is 2. The van der Waals surface area contributed by atoms with Crippen LogP contribution in [-0.2, 0) is 13.1 Å². The number of pyridine rings is 1. The molecule has 1 aromatic heterocycles. The Balaban J connectivity index is 1.48. The van der Waals surface area contributed by atoms with Crippen molar-refractivity contribution in [1.29, 1.82) is 0 Å². The van der Waals surface area contributed by atoms with E-state index in [1.54, 1.807) is 24.1 Å². The lowest BCUT2D eigenvalue weighted by Crippen LogP contribution is -2.35. The van der Waals surface area contributed by atoms with Crippen LogP contribution in [0.2, 0.25) is 0 Å². The molecule has 2 heterocycles. The van der Waals surface area contributed by atoms with Crippen molar-refractivity contribution < 1.29 is 19.0 Å². The molecule has 0 aliphatic carbocycles. The molecular weight excluding hydrogens is 446 g/mol. The zero-order valence-electron chi connectivity index (χ0n) is 19.2. The number of aromatic nitrogens is 1. The van der Waals surface area contributed by atoms with Crippen molar-refractivity contribution in [2.45, 2.75) is 13.1 Å². The first-order valence-corrected chi connectivity index (χ1v) is 11.3. The Bertz CT molecular complexity index is 1420. The van der Waals surface area contributed by atoms with E-state index in [9.17, 15) is 9.59 Å². The number of para-hydroxylation sites is 2. The van der Waals surface area contributed by atoms with Crippen LogP contribution in [0.3, 0.4) is 0 Å². The summed E-state index contributed by atoms with van der Waals surface area (Å²) in [5.74, 6) is 1.91. The van der Waals surface area contributed by atoms with Gasteiger partial charge in [0.05, 0.1) is 25.7 Å². The number of anilines is 1. The van der Waals surface area contributed by atoms with Crippen LogP contribution in [-0.4, -0.2) is 36.2 Å². The second kappa shape index (κ2) is 9.80. The summed E-state index contributed by atoms with van der Waals surface area (Å²) in [4.78, 5) is 30.8. The quantitative estimate of drug-likeness (QED) is 0.431. The molecule has 0 saturated carbocycles. The van der Waals surface area contributed by atoms with Crippen LogP contribution in [0.5, 0.6) is 17.2 Å². The van der Waals surface area contributed by atoms with E-state index >= 15 is 0 Å². The maximum atomic E-state index is 13.3. The van der Waals surface area contributed by atoms with Gasteiger partial charge in [-0.1, -0.05) is 36.4 Å². The van der Waals surface area contributed by atoms with Crippen molar-refractivity contribution in [2.75, 3.05) is 25.6 Å². The van der Waals surface area contributed by atoms with Crippen LogP contribution in [0.25, 0.3) is 10.9 Å². The summed E-state index contributed by atoms with van der Waals surface area (Å²) in [6.07, 6.45) is 0. The highest BCUT2D eigenvalue weighted by molar-refractivity contribution is 5.89. The van der Waals surface area contributed by atoms with Gasteiger partial charge in [0.2, 0.25) is 0 Å². The van der Waals surface area contributed by atoms with Crippen LogP contribution in [0.15, 0.2) is 77.6 Å². The number of nitrogens with zero attached hydrogens (tertiary/aromatic N) is 1. The fourth-order valence-electron chi connectivity index (χ4n) is 4.07. The fraction of sp³-hybridized carbons (Fsp3) is 0.185. The summed E-state index contributed by atoms with van der Waals surface area (Å²) in [5, 5.41) is 3.71. The molecular formula is C27H25N3O5. The van der Waals surface area contributed by atoms with Gasteiger partial charge in [-0.3, -0.25) is 4.79 Å². The molecule has 1 aliphatic heterocycles. The first-order chi connectivity index (χ1) is 17.1. The molecule has 0 saturated heterocycles. The Hall–Kier alpha value is -4.46. The van der Waals surface area contributed by atoms with Crippen LogP contribution >= 0.6 is 0 Å². The number of ether oxygens (including phenoxy) is 3. The standard InChI is InChI=1S/C27H25N3O5/c1-33-23-10-6-5-7-18(23)16-30(27(32)28-21-8-3-2-4-9-21)17-20-13-19-14-24-25(35-12-11-34-24)15-22(19)29-26(20)31/h2-10,13-15H,11-12,16-17H2,1H3,(H,28,32)(H,29,31). The molecule has 35 heavy (non-hydrogen) atoms. The number of H-pyrrole nitrogens is 1. The number of rotatable bonds is 6. The predicted octanol–water partition coefficient (Wildman–Crippen LogP) is 4.54. The second-order valence-electron chi connectivity index (χ2n) is 8.17. The molecule has 8 heteroatoms. The number of aromatic amines is 1. The third-order valence-corrected chi connectivity index (χ3v) is 5.81. The Morgan fingerprint density at radius 2 is 1.63 bits per heavy atom. The normalized spacial score (nSPS) is 12.3. The van der Waals surface area contributed by atoms with E-state index in [1.165, 1.54) is 0 Å². The van der Waals surface area contributed by atoms with Crippen LogP contribution in [0, 0.1) is 0 Å². The van der Waals surface area contributed by atoms with E-state index in [-0.39, 0.29) is 24.7 Å². The number of benzene rings is 3. The van der Waals surface area contributed by atoms with Gasteiger partial charge in [-0.25, -0.2) is 4.79 Å². The molecule has 0 radical (unpaired) electrons. The number of nitrogens with one attached hydrogen (secondary N) is 2. The number of carbonyl (C=O) groups is 1. The molecule has 0 spiro atoms. The molecule has 8 nitrogen and oxygen atoms in total. The van der Waals surface area contributed by atoms with Crippen molar-refractivity contribution in [3.05, 3.63) is 94.3 Å². The molecule has 5 rings (SSSR count). The van der Waals surface area contributed by atoms with Gasteiger partial charge in [0.15, 0.2) is 11.5 Å². The molecule has 0 atom stereocenters. The van der Waals surface area contributed by atoms with E-state index in [1.807, 2.05) is 60.7 Å². The minimum Gasteiger partial charge on any atom is -0.496 e. The molecule has 0 bridgehead atoms. The topological polar surface area (TPSA) is 92.9 Å². The summed E-state index contributed by atoms with van der Waals surface area (Å²) in [7, 11) is 1.59. The van der Waals surface area contributed by atoms with Gasteiger partial charge in [0.25, 0.3) is 5.56 Å². The average Bonchev–Trinajstić information content (AvgIpc) is 2.88. The average molecular weight is 472 g/mol. The Kier molecular flexibility index (Phi) is 6.26. The minimum absolute atomic E-state index is 0.0937. The van der Waals surface area contributed by atoms with Crippen LogP contribution < -0.4 is 25.1 Å². The molecule has 4 aromatic rings. The molecule has 1 aliphatic rings. The lowest BCUT2D eigenvalue weighted by molar-refractivity contribution is 0.172. The number of carbonyl (C=O) groups excluding carboxylic acids is 1. The van der Waals surface area contributed by atoms with Crippen molar-refractivity contribution in [1.82, 2.24) is 9.88 Å². The van der Waals surface area contributed by atoms with Gasteiger partial charge in [-0.15, -0.1) is 0 Å². The highest BCUT2D eigenvalue weighted by Crippen LogP contribution is 2.33. The number of hydrogen-bond donors (Lipinski definition) is 2. The van der Waals surface area contributed by atoms with E-state index < -0.39 is 0 Å². The molecule has 2 amide bonds. The van der Waals surface area contributed by atoms with Gasteiger partial charge in [-0.05, 0) is 30.3 Å². The van der Waals surface area contributed by atoms with Gasteiger partial charge in [0, 0.05) is 28.3 Å². The van der Waals surface area contributed by atoms with E-state index in [2.05, 4.69) is 10.3 Å². The number of urea groups is 1. The monoisotopic (exact) mass is 471 g/mol. The number of fused-ring (bicyclic) bond motifs is 2. The van der Waals surface area contributed by atoms with E-state index in [0.29, 0.717) is 47.2 Å². The van der Waals surface area contributed by atoms with Crippen molar-refractivity contribution in [3.63, 3.8) is 0 Å². The third-order valence-electron chi connectivity index (χ3n) is 5.81. The minimum atomic E-state index is -0.330. The summed E-state index contributed by atoms with van der Waals surface area (Å²) in [6.45, 7) is 1.29. The SMILES string of the molecule is COc1ccccc1CN(Cc1cc2cc3c(cc2[nH]c1=O)OCCO3)C(=O)Nc1ccccc1. The van der Waals surface area contributed by atoms with Gasteiger partial charge in [-0.2, -0.15) is 0 Å². The molecule has 0 unspecified atom stereocenters. The summed E-state index contributed by atoms with van der Waals surface area (Å²) in [5.41, 5.74) is 2.32. The van der Waals surface area contributed by atoms with Gasteiger partial charge >= 0.3 is 6.03 Å². The lowest BCUT2D eigenvalue weighted by Gasteiger charge is -2.24. The molecule has 2 N–H and O–H groups in total. The maximum Gasteiger partial charge on any atom is 0.322 e. The summed E-state index contributed by atoms with van der Waals surface area (Å²) >= 11 is 0. The third kappa shape index (κ3) is 4.91. The van der Waals surface area contributed by atoms with E-state index in [0.717, 1.165) is 10.9 Å². The van der Waals surface area contributed by atoms with Gasteiger partial charge in [0.1, 0.15) is 19.0 Å². The summed E-state index contributed by atoms with van der Waals surface area (Å²) < 4.78 is 16.8. The largest absolute Gasteiger partial charge is 0.496 e. The second-order valence-corrected chi connectivity index (χ2v) is 8.17. The maximum absolute atomic E-state index is 13.3. The van der Waals surface area contributed by atoms with E-state index in [4.69, 9.17) is 14.2 Å². The zero-order valence-corrected chi connectivity index (χ0v) is 19.2. The molecule has 3 aromatic carbocycles. The van der Waals surface area contributed by atoms with Crippen molar-refractivity contribution >= 4 is 22.6 Å². The van der Waals surface area contributed by atoms with Crippen molar-refractivity contribution in [3.8, 4) is 17.2 Å². The van der Waals surface area contributed by atoms with Crippen LogP contribution in [0.4, 0.5) is 10.5 Å². The highest BCUT2D eigenvalue weighted by Gasteiger charge is 2.20. The molecule has 178 valence electrons. The summed E-state index contributed by atoms with van der Waals surface area (Å²) in [6, 6.07) is 21.8. The number of methoxy groups -OCH3 is 1. The smallest absolute Gasteiger partial charge is 0.322 e. The lowest BCUT2D eigenvalue weighted by atomic mass is 10.1. The van der Waals surface area contributed by atoms with Crippen molar-refractivity contribution in [2.24, 2.45) is 0 Å². The Morgan fingerprint density at radius 3 is 2.40 bits per heavy atom. The predicted molar refractivity (Wildman–Crippen MR) is 133 cm³/mol. The van der Waals surface area contributed by atoms with Crippen LogP contribution in [0.1, 0.15) is 11.1 Å². The Morgan fingerprint density at radius 1 is 0.943 bits per heavy atom. The first kappa shape index (κ1) is 22.3. The highest BCUT2D eigenvalue weighted by atomic mass is 16.6. The fourth-order valence-corrected chi connectivity index (χ4v) is 4.07. The molecule has 0 fully saturated rings. The van der Waals surface area contributed by atoms with Gasteiger partial charge < -0.3 is 29.4 Å².